The van der Waals surface area contributed by atoms with E-state index < -0.39 is 0 Å². The minimum atomic E-state index is -0.129. The maximum atomic E-state index is 12.5. The van der Waals surface area contributed by atoms with Crippen molar-refractivity contribution >= 4 is 23.6 Å². The Labute approximate surface area is 146 Å². The Morgan fingerprint density at radius 3 is 2.79 bits per heavy atom. The summed E-state index contributed by atoms with van der Waals surface area (Å²) >= 11 is 1.58. The molecule has 1 fully saturated rings. The van der Waals surface area contributed by atoms with Gasteiger partial charge in [0, 0.05) is 32.2 Å². The van der Waals surface area contributed by atoms with E-state index in [4.69, 9.17) is 9.47 Å². The molecule has 7 heteroatoms. The first-order valence-corrected chi connectivity index (χ1v) is 8.87. The van der Waals surface area contributed by atoms with Gasteiger partial charge in [-0.3, -0.25) is 9.59 Å². The van der Waals surface area contributed by atoms with E-state index in [2.05, 4.69) is 5.32 Å². The van der Waals surface area contributed by atoms with Gasteiger partial charge >= 0.3 is 0 Å². The van der Waals surface area contributed by atoms with Crippen LogP contribution in [0.1, 0.15) is 24.3 Å². The molecule has 1 aliphatic rings. The molecule has 0 saturated carbocycles. The molecule has 2 rings (SSSR count). The van der Waals surface area contributed by atoms with Crippen molar-refractivity contribution in [2.75, 3.05) is 33.9 Å². The number of methoxy groups -OCH3 is 2. The van der Waals surface area contributed by atoms with Crippen molar-refractivity contribution < 1.29 is 19.1 Å². The number of benzene rings is 1. The number of nitrogens with one attached hydrogen (secondary N) is 1. The van der Waals surface area contributed by atoms with Crippen molar-refractivity contribution in [1.29, 1.82) is 0 Å². The number of amides is 2. The van der Waals surface area contributed by atoms with E-state index in [0.717, 1.165) is 11.3 Å². The Kier molecular flexibility index (Phi) is 6.93. The van der Waals surface area contributed by atoms with Gasteiger partial charge in [-0.15, -0.1) is 11.8 Å². The molecule has 0 radical (unpaired) electrons. The summed E-state index contributed by atoms with van der Waals surface area (Å²) in [5.41, 5.74) is 0.961. The summed E-state index contributed by atoms with van der Waals surface area (Å²) in [7, 11) is 3.21. The molecule has 132 valence electrons. The van der Waals surface area contributed by atoms with E-state index in [1.54, 1.807) is 30.9 Å². The topological polar surface area (TPSA) is 67.9 Å². The second-order valence-electron chi connectivity index (χ2n) is 5.50. The maximum Gasteiger partial charge on any atom is 0.236 e. The van der Waals surface area contributed by atoms with Gasteiger partial charge in [-0.25, -0.2) is 0 Å². The number of carbonyl (C=O) groups is 2. The number of hydrogen-bond donors (Lipinski definition) is 1. The van der Waals surface area contributed by atoms with Gasteiger partial charge in [-0.05, 0) is 13.0 Å². The normalized spacial score (nSPS) is 20.3. The lowest BCUT2D eigenvalue weighted by Gasteiger charge is -2.25. The molecule has 0 spiro atoms. The zero-order valence-corrected chi connectivity index (χ0v) is 15.1. The van der Waals surface area contributed by atoms with Gasteiger partial charge in [0.05, 0.1) is 19.0 Å². The van der Waals surface area contributed by atoms with Crippen LogP contribution in [0, 0.1) is 0 Å². The number of rotatable bonds is 8. The predicted octanol–water partition coefficient (Wildman–Crippen LogP) is 1.81. The molecule has 2 amide bonds. The highest BCUT2D eigenvalue weighted by atomic mass is 32.2. The van der Waals surface area contributed by atoms with E-state index in [-0.39, 0.29) is 28.9 Å². The highest BCUT2D eigenvalue weighted by molar-refractivity contribution is 8.01. The molecule has 0 aliphatic carbocycles. The Hall–Kier alpha value is -1.73. The first kappa shape index (κ1) is 18.6. The molecule has 1 N–H and O–H groups in total. The van der Waals surface area contributed by atoms with E-state index in [0.29, 0.717) is 19.7 Å². The minimum Gasteiger partial charge on any atom is -0.496 e. The van der Waals surface area contributed by atoms with Gasteiger partial charge in [0.1, 0.15) is 11.1 Å². The van der Waals surface area contributed by atoms with Crippen molar-refractivity contribution in [1.82, 2.24) is 10.2 Å². The molecule has 2 unspecified atom stereocenters. The molecule has 6 nitrogen and oxygen atoms in total. The predicted molar refractivity (Wildman–Crippen MR) is 94.0 cm³/mol. The van der Waals surface area contributed by atoms with Crippen LogP contribution in [0.3, 0.4) is 0 Å². The fraction of sp³-hybridized carbons (Fsp3) is 0.529. The number of nitrogens with zero attached hydrogens (tertiary/aromatic N) is 1. The van der Waals surface area contributed by atoms with Crippen LogP contribution in [0.5, 0.6) is 5.75 Å². The Morgan fingerprint density at radius 1 is 1.33 bits per heavy atom. The van der Waals surface area contributed by atoms with E-state index in [9.17, 15) is 9.59 Å². The van der Waals surface area contributed by atoms with E-state index in [1.807, 2.05) is 31.2 Å². The second-order valence-corrected chi connectivity index (χ2v) is 6.92. The fourth-order valence-electron chi connectivity index (χ4n) is 2.62. The molecule has 1 heterocycles. The third-order valence-corrected chi connectivity index (χ3v) is 5.24. The molecule has 1 aliphatic heterocycles. The van der Waals surface area contributed by atoms with Gasteiger partial charge < -0.3 is 19.7 Å². The van der Waals surface area contributed by atoms with Crippen LogP contribution in [-0.4, -0.2) is 55.9 Å². The largest absolute Gasteiger partial charge is 0.496 e. The van der Waals surface area contributed by atoms with Crippen LogP contribution >= 0.6 is 11.8 Å². The average molecular weight is 352 g/mol. The molecule has 1 saturated heterocycles. The van der Waals surface area contributed by atoms with Crippen molar-refractivity contribution in [3.05, 3.63) is 29.8 Å². The molecule has 2 atom stereocenters. The molecule has 24 heavy (non-hydrogen) atoms. The standard InChI is InChI=1S/C17H24N2O4S/c1-12-16(21)19(10-8-15(20)18-9-11-22-2)17(24-12)13-6-4-5-7-14(13)23-3/h4-7,12,17H,8-11H2,1-3H3,(H,18,20). The lowest BCUT2D eigenvalue weighted by Crippen LogP contribution is -2.35. The summed E-state index contributed by atoms with van der Waals surface area (Å²) < 4.78 is 10.3. The molecule has 1 aromatic rings. The highest BCUT2D eigenvalue weighted by Gasteiger charge is 2.39. The molecule has 0 aromatic heterocycles. The number of thioether (sulfide) groups is 1. The van der Waals surface area contributed by atoms with Gasteiger partial charge in [0.2, 0.25) is 11.8 Å². The monoisotopic (exact) mass is 352 g/mol. The third kappa shape index (κ3) is 4.42. The SMILES string of the molecule is COCCNC(=O)CCN1C(=O)C(C)SC1c1ccccc1OC. The summed E-state index contributed by atoms with van der Waals surface area (Å²) in [5.74, 6) is 0.732. The van der Waals surface area contributed by atoms with Crippen LogP contribution < -0.4 is 10.1 Å². The fourth-order valence-corrected chi connectivity index (χ4v) is 3.95. The number of hydrogen-bond acceptors (Lipinski definition) is 5. The summed E-state index contributed by atoms with van der Waals surface area (Å²) in [6, 6.07) is 7.69. The van der Waals surface area contributed by atoms with Gasteiger partial charge in [-0.2, -0.15) is 0 Å². The Morgan fingerprint density at radius 2 is 2.08 bits per heavy atom. The van der Waals surface area contributed by atoms with Gasteiger partial charge in [-0.1, -0.05) is 18.2 Å². The zero-order chi connectivity index (χ0) is 17.5. The van der Waals surface area contributed by atoms with Crippen LogP contribution in [0.25, 0.3) is 0 Å². The van der Waals surface area contributed by atoms with Crippen molar-refractivity contribution in [2.24, 2.45) is 0 Å². The Bertz CT molecular complexity index is 581. The van der Waals surface area contributed by atoms with Crippen LogP contribution in [0.15, 0.2) is 24.3 Å². The zero-order valence-electron chi connectivity index (χ0n) is 14.3. The van der Waals surface area contributed by atoms with Crippen LogP contribution in [0.4, 0.5) is 0 Å². The van der Waals surface area contributed by atoms with E-state index in [1.165, 1.54) is 0 Å². The molecule has 0 bridgehead atoms. The lowest BCUT2D eigenvalue weighted by molar-refractivity contribution is -0.130. The lowest BCUT2D eigenvalue weighted by atomic mass is 10.1. The van der Waals surface area contributed by atoms with Crippen LogP contribution in [0.2, 0.25) is 0 Å². The number of carbonyl (C=O) groups excluding carboxylic acids is 2. The van der Waals surface area contributed by atoms with Gasteiger partial charge in [0.25, 0.3) is 0 Å². The highest BCUT2D eigenvalue weighted by Crippen LogP contribution is 2.45. The Balaban J connectivity index is 2.05. The van der Waals surface area contributed by atoms with E-state index >= 15 is 0 Å². The molecular weight excluding hydrogens is 328 g/mol. The second kappa shape index (κ2) is 8.94. The summed E-state index contributed by atoms with van der Waals surface area (Å²) in [5, 5.41) is 2.52. The summed E-state index contributed by atoms with van der Waals surface area (Å²) in [4.78, 5) is 26.1. The van der Waals surface area contributed by atoms with Crippen molar-refractivity contribution in [3.8, 4) is 5.75 Å². The first-order chi connectivity index (χ1) is 11.6. The summed E-state index contributed by atoms with van der Waals surface area (Å²) in [6.07, 6.45) is 0.272. The number of ether oxygens (including phenoxy) is 2. The first-order valence-electron chi connectivity index (χ1n) is 7.93. The quantitative estimate of drug-likeness (QED) is 0.723. The minimum absolute atomic E-state index is 0.0561. The third-order valence-electron chi connectivity index (χ3n) is 3.86. The summed E-state index contributed by atoms with van der Waals surface area (Å²) in [6.45, 7) is 3.24. The number of para-hydroxylation sites is 1. The van der Waals surface area contributed by atoms with Crippen molar-refractivity contribution in [3.63, 3.8) is 0 Å². The smallest absolute Gasteiger partial charge is 0.236 e. The maximum absolute atomic E-state index is 12.5. The molecular formula is C17H24N2O4S. The van der Waals surface area contributed by atoms with Crippen LogP contribution in [-0.2, 0) is 14.3 Å². The van der Waals surface area contributed by atoms with Crippen molar-refractivity contribution in [2.45, 2.75) is 24.0 Å². The average Bonchev–Trinajstić information content (AvgIpc) is 2.88. The van der Waals surface area contributed by atoms with Gasteiger partial charge in [0.15, 0.2) is 0 Å². The molecule has 1 aromatic carbocycles.